The van der Waals surface area contributed by atoms with E-state index in [0.29, 0.717) is 0 Å². The number of halogens is 1. The van der Waals surface area contributed by atoms with Gasteiger partial charge in [-0.2, -0.15) is 0 Å². The second kappa shape index (κ2) is 4.69. The second-order valence-corrected chi connectivity index (χ2v) is 3.19. The fraction of sp³-hybridized carbons (Fsp3) is 0.300. The number of nitro benzene ring substituents is 1. The van der Waals surface area contributed by atoms with Gasteiger partial charge >= 0.3 is 5.97 Å². The van der Waals surface area contributed by atoms with Crippen LogP contribution in [-0.2, 0) is 16.0 Å². The minimum Gasteiger partial charge on any atom is -0.469 e. The summed E-state index contributed by atoms with van der Waals surface area (Å²) in [5.41, 5.74) is -0.299. The van der Waals surface area contributed by atoms with E-state index in [9.17, 15) is 19.3 Å². The number of hydrogen-bond donors (Lipinski definition) is 0. The Morgan fingerprint density at radius 2 is 2.19 bits per heavy atom. The summed E-state index contributed by atoms with van der Waals surface area (Å²) in [4.78, 5) is 21.1. The van der Waals surface area contributed by atoms with Crippen LogP contribution in [0.4, 0.5) is 10.1 Å². The summed E-state index contributed by atoms with van der Waals surface area (Å²) >= 11 is 0. The molecule has 6 heteroatoms. The maximum absolute atomic E-state index is 13.1. The highest BCUT2D eigenvalue weighted by Crippen LogP contribution is 2.26. The standard InChI is InChI=1S/C10H10FNO4/c1-6-8(11)4-3-7(5-9(13)16-2)10(6)12(14)15/h3-4H,5H2,1-2H3. The molecule has 5 nitrogen and oxygen atoms in total. The van der Waals surface area contributed by atoms with Crippen molar-refractivity contribution in [2.24, 2.45) is 0 Å². The molecular weight excluding hydrogens is 217 g/mol. The van der Waals surface area contributed by atoms with E-state index in [-0.39, 0.29) is 23.2 Å². The number of nitrogens with zero attached hydrogens (tertiary/aromatic N) is 1. The summed E-state index contributed by atoms with van der Waals surface area (Å²) in [6, 6.07) is 2.32. The summed E-state index contributed by atoms with van der Waals surface area (Å²) in [7, 11) is 1.19. The average molecular weight is 227 g/mol. The number of hydrogen-bond acceptors (Lipinski definition) is 4. The summed E-state index contributed by atoms with van der Waals surface area (Å²) in [5.74, 6) is -1.27. The number of nitro groups is 1. The zero-order valence-corrected chi connectivity index (χ0v) is 8.82. The van der Waals surface area contributed by atoms with Gasteiger partial charge in [0.05, 0.1) is 24.0 Å². The highest BCUT2D eigenvalue weighted by molar-refractivity contribution is 5.74. The number of ether oxygens (including phenoxy) is 1. The Morgan fingerprint density at radius 3 is 2.69 bits per heavy atom. The summed E-state index contributed by atoms with van der Waals surface area (Å²) < 4.78 is 17.5. The summed E-state index contributed by atoms with van der Waals surface area (Å²) in [6.07, 6.45) is -0.242. The lowest BCUT2D eigenvalue weighted by molar-refractivity contribution is -0.386. The molecule has 0 aliphatic carbocycles. The van der Waals surface area contributed by atoms with Gasteiger partial charge in [-0.25, -0.2) is 4.39 Å². The third kappa shape index (κ3) is 2.33. The molecule has 0 saturated carbocycles. The van der Waals surface area contributed by atoms with Crippen LogP contribution in [0.25, 0.3) is 0 Å². The monoisotopic (exact) mass is 227 g/mol. The van der Waals surface area contributed by atoms with Crippen LogP contribution in [-0.4, -0.2) is 18.0 Å². The zero-order valence-electron chi connectivity index (χ0n) is 8.82. The number of rotatable bonds is 3. The normalized spacial score (nSPS) is 9.94. The van der Waals surface area contributed by atoms with Crippen molar-refractivity contribution in [3.63, 3.8) is 0 Å². The number of carbonyl (C=O) groups is 1. The van der Waals surface area contributed by atoms with Gasteiger partial charge in [0.2, 0.25) is 0 Å². The first-order valence-electron chi connectivity index (χ1n) is 4.46. The topological polar surface area (TPSA) is 69.4 Å². The highest BCUT2D eigenvalue weighted by Gasteiger charge is 2.22. The Balaban J connectivity index is 3.23. The van der Waals surface area contributed by atoms with Crippen molar-refractivity contribution in [1.82, 2.24) is 0 Å². The first-order valence-corrected chi connectivity index (χ1v) is 4.46. The third-order valence-electron chi connectivity index (χ3n) is 2.19. The molecule has 0 heterocycles. The fourth-order valence-corrected chi connectivity index (χ4v) is 1.36. The molecule has 0 saturated heterocycles. The molecule has 0 atom stereocenters. The first-order chi connectivity index (χ1) is 7.47. The number of benzene rings is 1. The SMILES string of the molecule is COC(=O)Cc1ccc(F)c(C)c1[N+](=O)[O-]. The minimum atomic E-state index is -0.698. The Labute approximate surface area is 91.0 Å². The van der Waals surface area contributed by atoms with Crippen molar-refractivity contribution in [2.45, 2.75) is 13.3 Å². The van der Waals surface area contributed by atoms with Gasteiger partial charge in [-0.15, -0.1) is 0 Å². The van der Waals surface area contributed by atoms with Gasteiger partial charge in [-0.1, -0.05) is 0 Å². The summed E-state index contributed by atoms with van der Waals surface area (Å²) in [6.45, 7) is 1.30. The fourth-order valence-electron chi connectivity index (χ4n) is 1.36. The lowest BCUT2D eigenvalue weighted by Gasteiger charge is -2.05. The van der Waals surface area contributed by atoms with Crippen LogP contribution in [0.3, 0.4) is 0 Å². The molecule has 0 aliphatic heterocycles. The number of methoxy groups -OCH3 is 1. The van der Waals surface area contributed by atoms with E-state index >= 15 is 0 Å². The molecule has 1 aromatic rings. The molecule has 1 rings (SSSR count). The number of esters is 1. The molecule has 0 fully saturated rings. The van der Waals surface area contributed by atoms with Crippen LogP contribution in [0.5, 0.6) is 0 Å². The van der Waals surface area contributed by atoms with Crippen LogP contribution >= 0.6 is 0 Å². The molecule has 16 heavy (non-hydrogen) atoms. The largest absolute Gasteiger partial charge is 0.469 e. The molecule has 0 aromatic heterocycles. The molecule has 0 radical (unpaired) electrons. The van der Waals surface area contributed by atoms with Gasteiger partial charge in [0.25, 0.3) is 5.69 Å². The van der Waals surface area contributed by atoms with E-state index in [1.807, 2.05) is 0 Å². The molecular formula is C10H10FNO4. The van der Waals surface area contributed by atoms with Crippen molar-refractivity contribution in [1.29, 1.82) is 0 Å². The second-order valence-electron chi connectivity index (χ2n) is 3.19. The molecule has 0 spiro atoms. The van der Waals surface area contributed by atoms with Crippen molar-refractivity contribution in [3.05, 3.63) is 39.2 Å². The molecule has 0 unspecified atom stereocenters. The Kier molecular flexibility index (Phi) is 3.55. The molecule has 0 amide bonds. The zero-order chi connectivity index (χ0) is 12.3. The molecule has 0 bridgehead atoms. The van der Waals surface area contributed by atoms with Gasteiger partial charge in [-0.3, -0.25) is 14.9 Å². The Morgan fingerprint density at radius 1 is 1.56 bits per heavy atom. The van der Waals surface area contributed by atoms with Crippen LogP contribution < -0.4 is 0 Å². The van der Waals surface area contributed by atoms with Gasteiger partial charge < -0.3 is 4.74 Å². The van der Waals surface area contributed by atoms with Gasteiger partial charge in [0, 0.05) is 5.56 Å². The van der Waals surface area contributed by atoms with Crippen LogP contribution in [0, 0.1) is 22.9 Å². The molecule has 0 N–H and O–H groups in total. The molecule has 86 valence electrons. The van der Waals surface area contributed by atoms with E-state index in [0.717, 1.165) is 6.07 Å². The predicted molar refractivity (Wildman–Crippen MR) is 53.5 cm³/mol. The molecule has 1 aromatic carbocycles. The quantitative estimate of drug-likeness (QED) is 0.448. The van der Waals surface area contributed by atoms with Crippen molar-refractivity contribution in [2.75, 3.05) is 7.11 Å². The van der Waals surface area contributed by atoms with Gasteiger partial charge in [-0.05, 0) is 19.1 Å². The van der Waals surface area contributed by atoms with Gasteiger partial charge in [0.15, 0.2) is 0 Å². The molecule has 0 aliphatic rings. The van der Waals surface area contributed by atoms with Crippen molar-refractivity contribution in [3.8, 4) is 0 Å². The Bertz CT molecular complexity index is 445. The first kappa shape index (κ1) is 12.1. The highest BCUT2D eigenvalue weighted by atomic mass is 19.1. The van der Waals surface area contributed by atoms with Crippen LogP contribution in [0.1, 0.15) is 11.1 Å². The average Bonchev–Trinajstić information content (AvgIpc) is 2.23. The summed E-state index contributed by atoms with van der Waals surface area (Å²) in [5, 5.41) is 10.8. The van der Waals surface area contributed by atoms with Crippen LogP contribution in [0.15, 0.2) is 12.1 Å². The van der Waals surface area contributed by atoms with E-state index in [2.05, 4.69) is 4.74 Å². The third-order valence-corrected chi connectivity index (χ3v) is 2.19. The van der Waals surface area contributed by atoms with E-state index in [4.69, 9.17) is 0 Å². The van der Waals surface area contributed by atoms with Crippen LogP contribution in [0.2, 0.25) is 0 Å². The number of carbonyl (C=O) groups excluding carboxylic acids is 1. The lowest BCUT2D eigenvalue weighted by atomic mass is 10.1. The lowest BCUT2D eigenvalue weighted by Crippen LogP contribution is -2.08. The predicted octanol–water partition coefficient (Wildman–Crippen LogP) is 1.76. The van der Waals surface area contributed by atoms with E-state index in [1.165, 1.54) is 20.1 Å². The maximum Gasteiger partial charge on any atom is 0.310 e. The van der Waals surface area contributed by atoms with Gasteiger partial charge in [0.1, 0.15) is 5.82 Å². The van der Waals surface area contributed by atoms with Crippen molar-refractivity contribution < 1.29 is 18.8 Å². The minimum absolute atomic E-state index is 0.0774. The Hall–Kier alpha value is -1.98. The smallest absolute Gasteiger partial charge is 0.310 e. The van der Waals surface area contributed by atoms with E-state index in [1.54, 1.807) is 0 Å². The van der Waals surface area contributed by atoms with Crippen molar-refractivity contribution >= 4 is 11.7 Å². The van der Waals surface area contributed by atoms with E-state index < -0.39 is 16.7 Å². The maximum atomic E-state index is 13.1.